The monoisotopic (exact) mass is 456 g/mol. The Balaban J connectivity index is 2.16. The minimum absolute atomic E-state index is 0.244. The fourth-order valence-electron chi connectivity index (χ4n) is 3.24. The number of unbranched alkanes of at least 4 members (excludes halogenated alkanes) is 1. The number of nitrogens with two attached hydrogens (primary N) is 1. The van der Waals surface area contributed by atoms with Crippen LogP contribution < -0.4 is 15.2 Å². The van der Waals surface area contributed by atoms with Crippen molar-refractivity contribution in [2.45, 2.75) is 25.6 Å². The van der Waals surface area contributed by atoms with Crippen LogP contribution in [0.1, 0.15) is 18.4 Å². The first-order valence-corrected chi connectivity index (χ1v) is 9.56. The number of rotatable bonds is 7. The number of fused-ring (bicyclic) bond motifs is 1. The molecule has 3 N–H and O–H groups in total. The molecule has 0 bridgehead atoms. The summed E-state index contributed by atoms with van der Waals surface area (Å²) in [7, 11) is 1.58. The van der Waals surface area contributed by atoms with Crippen molar-refractivity contribution >= 4 is 26.8 Å². The van der Waals surface area contributed by atoms with Crippen molar-refractivity contribution in [1.82, 2.24) is 4.98 Å². The van der Waals surface area contributed by atoms with Crippen LogP contribution in [-0.4, -0.2) is 25.0 Å². The molecule has 150 valence electrons. The van der Waals surface area contributed by atoms with Gasteiger partial charge in [0.05, 0.1) is 12.8 Å². The lowest BCUT2D eigenvalue weighted by Crippen LogP contribution is -2.16. The van der Waals surface area contributed by atoms with Crippen molar-refractivity contribution in [3.8, 4) is 22.8 Å². The van der Waals surface area contributed by atoms with Crippen molar-refractivity contribution in [2.24, 2.45) is 5.73 Å². The fourth-order valence-corrected chi connectivity index (χ4v) is 3.60. The zero-order valence-corrected chi connectivity index (χ0v) is 16.8. The van der Waals surface area contributed by atoms with Crippen LogP contribution in [0.5, 0.6) is 11.5 Å². The maximum Gasteiger partial charge on any atom is 0.573 e. The van der Waals surface area contributed by atoms with Crippen LogP contribution >= 0.6 is 15.9 Å². The van der Waals surface area contributed by atoms with Crippen LogP contribution in [0.25, 0.3) is 22.2 Å². The van der Waals surface area contributed by atoms with Gasteiger partial charge in [-0.3, -0.25) is 0 Å². The third-order valence-corrected chi connectivity index (χ3v) is 4.92. The second kappa shape index (κ2) is 8.45. The summed E-state index contributed by atoms with van der Waals surface area (Å²) in [6, 6.07) is 9.95. The molecule has 4 nitrogen and oxygen atoms in total. The molecule has 1 aromatic heterocycles. The van der Waals surface area contributed by atoms with Gasteiger partial charge in [-0.05, 0) is 67.8 Å². The third-order valence-electron chi connectivity index (χ3n) is 4.42. The Morgan fingerprint density at radius 1 is 1.11 bits per heavy atom. The molecule has 0 atom stereocenters. The average molecular weight is 457 g/mol. The summed E-state index contributed by atoms with van der Waals surface area (Å²) >= 11 is 3.47. The summed E-state index contributed by atoms with van der Waals surface area (Å²) in [6.07, 6.45) is -2.44. The summed E-state index contributed by atoms with van der Waals surface area (Å²) in [5.74, 6) is 0.424. The number of benzene rings is 2. The van der Waals surface area contributed by atoms with E-state index in [0.29, 0.717) is 24.1 Å². The quantitative estimate of drug-likeness (QED) is 0.442. The summed E-state index contributed by atoms with van der Waals surface area (Å²) in [6.45, 7) is 0.556. The summed E-state index contributed by atoms with van der Waals surface area (Å²) in [5.41, 5.74) is 8.89. The van der Waals surface area contributed by atoms with Crippen molar-refractivity contribution in [2.75, 3.05) is 13.7 Å². The van der Waals surface area contributed by atoms with Gasteiger partial charge in [-0.25, -0.2) is 0 Å². The number of aryl methyl sites for hydroxylation is 1. The molecule has 8 heteroatoms. The van der Waals surface area contributed by atoms with Crippen LogP contribution in [0.2, 0.25) is 0 Å². The molecule has 0 radical (unpaired) electrons. The predicted octanol–water partition coefficient (Wildman–Crippen LogP) is 5.79. The molecule has 0 aliphatic rings. The van der Waals surface area contributed by atoms with Gasteiger partial charge in [0.25, 0.3) is 0 Å². The lowest BCUT2D eigenvalue weighted by Gasteiger charge is -2.11. The largest absolute Gasteiger partial charge is 0.573 e. The highest BCUT2D eigenvalue weighted by Gasteiger charge is 2.31. The van der Waals surface area contributed by atoms with Crippen LogP contribution in [0.15, 0.2) is 40.9 Å². The van der Waals surface area contributed by atoms with E-state index in [1.807, 2.05) is 18.2 Å². The topological polar surface area (TPSA) is 60.3 Å². The molecule has 0 spiro atoms. The van der Waals surface area contributed by atoms with Crippen molar-refractivity contribution in [3.05, 3.63) is 46.4 Å². The number of hydrogen-bond donors (Lipinski definition) is 2. The van der Waals surface area contributed by atoms with E-state index in [-0.39, 0.29) is 5.75 Å². The van der Waals surface area contributed by atoms with Crippen molar-refractivity contribution in [3.63, 3.8) is 0 Å². The van der Waals surface area contributed by atoms with Gasteiger partial charge in [-0.15, -0.1) is 13.2 Å². The van der Waals surface area contributed by atoms with Crippen LogP contribution in [0.3, 0.4) is 0 Å². The molecule has 0 aliphatic heterocycles. The lowest BCUT2D eigenvalue weighted by molar-refractivity contribution is -0.274. The van der Waals surface area contributed by atoms with Gasteiger partial charge in [0.15, 0.2) is 0 Å². The number of methoxy groups -OCH3 is 1. The molecule has 0 saturated carbocycles. The number of alkyl halides is 3. The summed E-state index contributed by atoms with van der Waals surface area (Å²) in [4.78, 5) is 3.33. The number of aromatic amines is 1. The van der Waals surface area contributed by atoms with Crippen LogP contribution in [0, 0.1) is 0 Å². The van der Waals surface area contributed by atoms with Gasteiger partial charge < -0.3 is 20.2 Å². The van der Waals surface area contributed by atoms with E-state index in [2.05, 4.69) is 25.7 Å². The van der Waals surface area contributed by atoms with Crippen molar-refractivity contribution < 1.29 is 22.6 Å². The maximum atomic E-state index is 12.6. The molecule has 3 aromatic rings. The zero-order chi connectivity index (χ0) is 20.3. The Hall–Kier alpha value is -2.19. The lowest BCUT2D eigenvalue weighted by atomic mass is 9.99. The van der Waals surface area contributed by atoms with E-state index in [9.17, 15) is 13.2 Å². The standard InChI is InChI=1S/C20H20BrF3N2O2/c1-27-18-8-5-12(21)10-16(18)19-14(4-2-3-9-25)15-11-13(28-20(22,23)24)6-7-17(15)26-19/h5-8,10-11,26H,2-4,9,25H2,1H3. The number of aromatic nitrogens is 1. The third kappa shape index (κ3) is 4.62. The number of nitrogens with one attached hydrogen (secondary N) is 1. The SMILES string of the molecule is COc1ccc(Br)cc1-c1[nH]c2ccc(OC(F)(F)F)cc2c1CCCCN. The second-order valence-corrected chi connectivity index (χ2v) is 7.24. The van der Waals surface area contributed by atoms with E-state index >= 15 is 0 Å². The second-order valence-electron chi connectivity index (χ2n) is 6.32. The first kappa shape index (κ1) is 20.5. The smallest absolute Gasteiger partial charge is 0.496 e. The highest BCUT2D eigenvalue weighted by atomic mass is 79.9. The Labute approximate surface area is 169 Å². The zero-order valence-electron chi connectivity index (χ0n) is 15.2. The first-order chi connectivity index (χ1) is 13.3. The maximum absolute atomic E-state index is 12.6. The van der Waals surface area contributed by atoms with E-state index in [1.54, 1.807) is 13.2 Å². The Bertz CT molecular complexity index is 970. The van der Waals surface area contributed by atoms with Gasteiger partial charge in [0, 0.05) is 20.9 Å². The Kier molecular flexibility index (Phi) is 6.20. The highest BCUT2D eigenvalue weighted by molar-refractivity contribution is 9.10. The van der Waals surface area contributed by atoms with Gasteiger partial charge in [0.1, 0.15) is 11.5 Å². The molecule has 0 amide bonds. The van der Waals surface area contributed by atoms with E-state index in [0.717, 1.165) is 39.7 Å². The molecular weight excluding hydrogens is 437 g/mol. The number of hydrogen-bond acceptors (Lipinski definition) is 3. The molecule has 3 rings (SSSR count). The number of halogens is 4. The molecule has 2 aromatic carbocycles. The van der Waals surface area contributed by atoms with Crippen molar-refractivity contribution in [1.29, 1.82) is 0 Å². The molecule has 0 aliphatic carbocycles. The minimum atomic E-state index is -4.74. The van der Waals surface area contributed by atoms with E-state index in [1.165, 1.54) is 12.1 Å². The Morgan fingerprint density at radius 2 is 1.89 bits per heavy atom. The molecule has 28 heavy (non-hydrogen) atoms. The van der Waals surface area contributed by atoms with Gasteiger partial charge in [-0.1, -0.05) is 15.9 Å². The fraction of sp³-hybridized carbons (Fsp3) is 0.300. The van der Waals surface area contributed by atoms with E-state index < -0.39 is 6.36 Å². The van der Waals surface area contributed by atoms with Gasteiger partial charge >= 0.3 is 6.36 Å². The molecule has 1 heterocycles. The van der Waals surface area contributed by atoms with Gasteiger partial charge in [0.2, 0.25) is 0 Å². The predicted molar refractivity (Wildman–Crippen MR) is 107 cm³/mol. The molecular formula is C20H20BrF3N2O2. The van der Waals surface area contributed by atoms with Crippen LogP contribution in [-0.2, 0) is 6.42 Å². The van der Waals surface area contributed by atoms with E-state index in [4.69, 9.17) is 10.5 Å². The van der Waals surface area contributed by atoms with Crippen LogP contribution in [0.4, 0.5) is 13.2 Å². The molecule has 0 saturated heterocycles. The first-order valence-electron chi connectivity index (χ1n) is 8.76. The molecule has 0 fully saturated rings. The summed E-state index contributed by atoms with van der Waals surface area (Å²) < 4.78 is 48.4. The average Bonchev–Trinajstić information content (AvgIpc) is 2.98. The van der Waals surface area contributed by atoms with Gasteiger partial charge in [-0.2, -0.15) is 0 Å². The number of H-pyrrole nitrogens is 1. The summed E-state index contributed by atoms with van der Waals surface area (Å²) in [5, 5.41) is 0.691. The number of ether oxygens (including phenoxy) is 2. The highest BCUT2D eigenvalue weighted by Crippen LogP contribution is 2.39. The Morgan fingerprint density at radius 3 is 2.57 bits per heavy atom. The molecule has 0 unspecified atom stereocenters. The normalized spacial score (nSPS) is 11.8. The minimum Gasteiger partial charge on any atom is -0.496 e.